The molecule has 0 bridgehead atoms. The van der Waals surface area contributed by atoms with Gasteiger partial charge in [-0.2, -0.15) is 4.68 Å². The summed E-state index contributed by atoms with van der Waals surface area (Å²) in [4.78, 5) is 0. The second kappa shape index (κ2) is 5.97. The third-order valence-corrected chi connectivity index (χ3v) is 3.09. The first-order valence-electron chi connectivity index (χ1n) is 5.94. The van der Waals surface area contributed by atoms with Crippen LogP contribution in [0.25, 0.3) is 5.69 Å². The molecule has 0 aliphatic rings. The lowest BCUT2D eigenvalue weighted by atomic mass is 10.3. The summed E-state index contributed by atoms with van der Waals surface area (Å²) in [5.74, 6) is 1.15. The number of rotatable bonds is 6. The van der Waals surface area contributed by atoms with Gasteiger partial charge in [0.2, 0.25) is 10.0 Å². The molecule has 1 N–H and O–H groups in total. The molecule has 1 heterocycles. The Balaban J connectivity index is 2.18. The molecule has 1 aromatic carbocycles. The lowest BCUT2D eigenvalue weighted by molar-refractivity contribution is 0.340. The predicted octanol–water partition coefficient (Wildman–Crippen LogP) is 0.110. The van der Waals surface area contributed by atoms with E-state index in [0.717, 1.165) is 17.7 Å². The average Bonchev–Trinajstić information content (AvgIpc) is 2.85. The number of tetrazole rings is 1. The van der Waals surface area contributed by atoms with Crippen molar-refractivity contribution in [1.82, 2.24) is 24.9 Å². The molecule has 0 unspecified atom stereocenters. The SMILES string of the molecule is CCOc1ccc(-n2nnnc2CNS(C)(=O)=O)cc1. The van der Waals surface area contributed by atoms with Crippen LogP contribution in [0.4, 0.5) is 0 Å². The lowest BCUT2D eigenvalue weighted by Crippen LogP contribution is -2.23. The van der Waals surface area contributed by atoms with E-state index in [2.05, 4.69) is 20.2 Å². The topological polar surface area (TPSA) is 99.0 Å². The van der Waals surface area contributed by atoms with Crippen LogP contribution in [-0.2, 0) is 16.6 Å². The van der Waals surface area contributed by atoms with E-state index in [4.69, 9.17) is 4.74 Å². The molecule has 0 spiro atoms. The summed E-state index contributed by atoms with van der Waals surface area (Å²) in [5.41, 5.74) is 0.726. The zero-order chi connectivity index (χ0) is 14.6. The van der Waals surface area contributed by atoms with Crippen LogP contribution in [0.15, 0.2) is 24.3 Å². The zero-order valence-corrected chi connectivity index (χ0v) is 12.0. The van der Waals surface area contributed by atoms with E-state index in [1.165, 1.54) is 4.68 Å². The van der Waals surface area contributed by atoms with Crippen LogP contribution >= 0.6 is 0 Å². The Kier molecular flexibility index (Phi) is 4.30. The number of sulfonamides is 1. The second-order valence-electron chi connectivity index (χ2n) is 4.03. The number of hydrogen-bond acceptors (Lipinski definition) is 6. The molecular weight excluding hydrogens is 282 g/mol. The van der Waals surface area contributed by atoms with Crippen molar-refractivity contribution in [2.24, 2.45) is 0 Å². The van der Waals surface area contributed by atoms with Gasteiger partial charge in [0.15, 0.2) is 5.82 Å². The Morgan fingerprint density at radius 3 is 2.60 bits per heavy atom. The molecule has 20 heavy (non-hydrogen) atoms. The number of ether oxygens (including phenoxy) is 1. The minimum absolute atomic E-state index is 0.0268. The van der Waals surface area contributed by atoms with Crippen molar-refractivity contribution in [2.75, 3.05) is 12.9 Å². The van der Waals surface area contributed by atoms with Gasteiger partial charge in [-0.15, -0.1) is 5.10 Å². The number of nitrogens with zero attached hydrogens (tertiary/aromatic N) is 4. The van der Waals surface area contributed by atoms with Gasteiger partial charge in [0.1, 0.15) is 5.75 Å². The van der Waals surface area contributed by atoms with Crippen LogP contribution in [-0.4, -0.2) is 41.5 Å². The van der Waals surface area contributed by atoms with Gasteiger partial charge in [0.05, 0.1) is 25.1 Å². The van der Waals surface area contributed by atoms with Gasteiger partial charge in [-0.05, 0) is 41.6 Å². The Morgan fingerprint density at radius 1 is 1.30 bits per heavy atom. The fourth-order valence-electron chi connectivity index (χ4n) is 1.56. The summed E-state index contributed by atoms with van der Waals surface area (Å²) in [7, 11) is -3.29. The van der Waals surface area contributed by atoms with Crippen molar-refractivity contribution in [3.05, 3.63) is 30.1 Å². The van der Waals surface area contributed by atoms with Crippen LogP contribution < -0.4 is 9.46 Å². The predicted molar refractivity (Wildman–Crippen MR) is 72.0 cm³/mol. The summed E-state index contributed by atoms with van der Waals surface area (Å²) in [6, 6.07) is 7.19. The molecule has 1 aromatic heterocycles. The molecule has 0 aliphatic heterocycles. The Bertz CT molecular complexity index is 666. The van der Waals surface area contributed by atoms with Crippen molar-refractivity contribution >= 4 is 10.0 Å². The molecule has 9 heteroatoms. The highest BCUT2D eigenvalue weighted by Crippen LogP contribution is 2.15. The van der Waals surface area contributed by atoms with E-state index in [-0.39, 0.29) is 6.54 Å². The maximum Gasteiger partial charge on any atom is 0.209 e. The molecule has 0 saturated carbocycles. The summed E-state index contributed by atoms with van der Waals surface area (Å²) in [5, 5.41) is 11.2. The zero-order valence-electron chi connectivity index (χ0n) is 11.1. The summed E-state index contributed by atoms with van der Waals surface area (Å²) >= 11 is 0. The van der Waals surface area contributed by atoms with E-state index in [1.807, 2.05) is 6.92 Å². The van der Waals surface area contributed by atoms with Crippen molar-refractivity contribution in [3.63, 3.8) is 0 Å². The Hall–Kier alpha value is -2.00. The van der Waals surface area contributed by atoms with E-state index in [1.54, 1.807) is 24.3 Å². The van der Waals surface area contributed by atoms with Crippen LogP contribution in [0.1, 0.15) is 12.7 Å². The third kappa shape index (κ3) is 3.75. The van der Waals surface area contributed by atoms with E-state index in [9.17, 15) is 8.42 Å². The maximum absolute atomic E-state index is 11.1. The number of aromatic nitrogens is 4. The highest BCUT2D eigenvalue weighted by molar-refractivity contribution is 7.88. The molecule has 108 valence electrons. The van der Waals surface area contributed by atoms with Crippen LogP contribution in [0.3, 0.4) is 0 Å². The first kappa shape index (κ1) is 14.4. The van der Waals surface area contributed by atoms with Gasteiger partial charge < -0.3 is 4.74 Å². The molecule has 0 radical (unpaired) electrons. The number of hydrogen-bond donors (Lipinski definition) is 1. The molecule has 2 aromatic rings. The first-order valence-corrected chi connectivity index (χ1v) is 7.84. The van der Waals surface area contributed by atoms with Gasteiger partial charge in [-0.25, -0.2) is 13.1 Å². The van der Waals surface area contributed by atoms with Gasteiger partial charge >= 0.3 is 0 Å². The minimum atomic E-state index is -3.29. The molecule has 8 nitrogen and oxygen atoms in total. The highest BCUT2D eigenvalue weighted by atomic mass is 32.2. The Labute approximate surface area is 116 Å². The van der Waals surface area contributed by atoms with Crippen molar-refractivity contribution in [3.8, 4) is 11.4 Å². The van der Waals surface area contributed by atoms with Crippen molar-refractivity contribution in [2.45, 2.75) is 13.5 Å². The smallest absolute Gasteiger partial charge is 0.209 e. The molecule has 2 rings (SSSR count). The summed E-state index contributed by atoms with van der Waals surface area (Å²) in [6.45, 7) is 2.52. The fourth-order valence-corrected chi connectivity index (χ4v) is 1.95. The van der Waals surface area contributed by atoms with Gasteiger partial charge in [-0.3, -0.25) is 0 Å². The molecule has 0 amide bonds. The van der Waals surface area contributed by atoms with Crippen molar-refractivity contribution < 1.29 is 13.2 Å². The first-order chi connectivity index (χ1) is 9.49. The van der Waals surface area contributed by atoms with Gasteiger partial charge in [0, 0.05) is 0 Å². The van der Waals surface area contributed by atoms with Crippen molar-refractivity contribution in [1.29, 1.82) is 0 Å². The third-order valence-electron chi connectivity index (χ3n) is 2.42. The van der Waals surface area contributed by atoms with Crippen LogP contribution in [0.2, 0.25) is 0 Å². The standard InChI is InChI=1S/C11H15N5O3S/c1-3-19-10-6-4-9(5-7-10)16-11(13-14-15-16)8-12-20(2,17)18/h4-7,12H,3,8H2,1-2H3. The highest BCUT2D eigenvalue weighted by Gasteiger charge is 2.10. The average molecular weight is 297 g/mol. The lowest BCUT2D eigenvalue weighted by Gasteiger charge is -2.06. The van der Waals surface area contributed by atoms with E-state index in [0.29, 0.717) is 12.4 Å². The van der Waals surface area contributed by atoms with Gasteiger partial charge in [0.25, 0.3) is 0 Å². The normalized spacial score (nSPS) is 11.5. The molecule has 0 atom stereocenters. The monoisotopic (exact) mass is 297 g/mol. The summed E-state index contributed by atoms with van der Waals surface area (Å²) < 4.78 is 31.3. The molecule has 0 aliphatic carbocycles. The number of nitrogens with one attached hydrogen (secondary N) is 1. The Morgan fingerprint density at radius 2 is 2.00 bits per heavy atom. The van der Waals surface area contributed by atoms with E-state index < -0.39 is 10.0 Å². The fraction of sp³-hybridized carbons (Fsp3) is 0.364. The molecule has 0 saturated heterocycles. The maximum atomic E-state index is 11.1. The molecular formula is C11H15N5O3S. The largest absolute Gasteiger partial charge is 0.494 e. The summed E-state index contributed by atoms with van der Waals surface area (Å²) in [6.07, 6.45) is 1.08. The van der Waals surface area contributed by atoms with Crippen LogP contribution in [0, 0.1) is 0 Å². The molecule has 0 fully saturated rings. The number of benzene rings is 1. The second-order valence-corrected chi connectivity index (χ2v) is 5.86. The minimum Gasteiger partial charge on any atom is -0.494 e. The van der Waals surface area contributed by atoms with Gasteiger partial charge in [-0.1, -0.05) is 0 Å². The van der Waals surface area contributed by atoms with Crippen LogP contribution in [0.5, 0.6) is 5.75 Å². The van der Waals surface area contributed by atoms with E-state index >= 15 is 0 Å². The quantitative estimate of drug-likeness (QED) is 0.812.